The van der Waals surface area contributed by atoms with E-state index < -0.39 is 0 Å². The molecule has 80 valence electrons. The van der Waals surface area contributed by atoms with Crippen LogP contribution < -0.4 is 10.1 Å². The van der Waals surface area contributed by atoms with Gasteiger partial charge in [0.15, 0.2) is 5.75 Å². The fourth-order valence-electron chi connectivity index (χ4n) is 1.19. The third-order valence-electron chi connectivity index (χ3n) is 1.91. The van der Waals surface area contributed by atoms with Gasteiger partial charge in [-0.3, -0.25) is 0 Å². The molecule has 0 aliphatic carbocycles. The van der Waals surface area contributed by atoms with Gasteiger partial charge >= 0.3 is 0 Å². The van der Waals surface area contributed by atoms with Crippen molar-refractivity contribution < 1.29 is 9.47 Å². The summed E-state index contributed by atoms with van der Waals surface area (Å²) >= 11 is 1.69. The molecule has 0 bridgehead atoms. The van der Waals surface area contributed by atoms with Crippen molar-refractivity contribution in [1.29, 1.82) is 0 Å². The molecule has 0 amide bonds. The molecule has 14 heavy (non-hydrogen) atoms. The van der Waals surface area contributed by atoms with Crippen LogP contribution >= 0.6 is 11.3 Å². The molecule has 0 aliphatic heterocycles. The first kappa shape index (κ1) is 11.3. The summed E-state index contributed by atoms with van der Waals surface area (Å²) in [5.74, 6) is 0.920. The van der Waals surface area contributed by atoms with Crippen molar-refractivity contribution in [2.75, 3.05) is 32.2 Å². The summed E-state index contributed by atoms with van der Waals surface area (Å²) in [6.45, 7) is 6.39. The zero-order chi connectivity index (χ0) is 10.4. The van der Waals surface area contributed by atoms with E-state index in [0.717, 1.165) is 31.2 Å². The Kier molecular flexibility index (Phi) is 4.76. The van der Waals surface area contributed by atoms with E-state index in [-0.39, 0.29) is 0 Å². The molecule has 0 aliphatic rings. The van der Waals surface area contributed by atoms with Gasteiger partial charge < -0.3 is 14.8 Å². The summed E-state index contributed by atoms with van der Waals surface area (Å²) in [5.41, 5.74) is 1.09. The Bertz CT molecular complexity index is 273. The first-order valence-electron chi connectivity index (χ1n) is 4.73. The van der Waals surface area contributed by atoms with Gasteiger partial charge in [-0.15, -0.1) is 11.3 Å². The number of nitrogens with one attached hydrogen (secondary N) is 1. The molecule has 1 aromatic heterocycles. The quantitative estimate of drug-likeness (QED) is 0.740. The number of rotatable bonds is 6. The average Bonchev–Trinajstić information content (AvgIpc) is 2.55. The van der Waals surface area contributed by atoms with E-state index in [1.54, 1.807) is 18.4 Å². The molecule has 0 radical (unpaired) electrons. The Labute approximate surface area is 89.0 Å². The Balaban J connectivity index is 2.44. The van der Waals surface area contributed by atoms with Crippen molar-refractivity contribution in [3.05, 3.63) is 10.3 Å². The topological polar surface area (TPSA) is 30.5 Å². The molecule has 0 aromatic carbocycles. The molecule has 1 heterocycles. The lowest BCUT2D eigenvalue weighted by Crippen LogP contribution is -2.09. The Hall–Kier alpha value is -0.740. The molecule has 3 nitrogen and oxygen atoms in total. The molecule has 0 saturated heterocycles. The van der Waals surface area contributed by atoms with Gasteiger partial charge in [-0.2, -0.15) is 0 Å². The summed E-state index contributed by atoms with van der Waals surface area (Å²) in [7, 11) is 1.69. The monoisotopic (exact) mass is 215 g/mol. The molecule has 0 saturated carbocycles. The minimum atomic E-state index is 0.731. The van der Waals surface area contributed by atoms with Gasteiger partial charge in [0.2, 0.25) is 0 Å². The standard InChI is InChI=1S/C10H17NO2S/c1-4-13-6-5-11-10-8(2)14-7-9(10)12-3/h7,11H,4-6H2,1-3H3. The van der Waals surface area contributed by atoms with Crippen molar-refractivity contribution in [1.82, 2.24) is 0 Å². The van der Waals surface area contributed by atoms with Gasteiger partial charge in [0.05, 0.1) is 19.4 Å². The van der Waals surface area contributed by atoms with Crippen molar-refractivity contribution in [3.8, 4) is 5.75 Å². The number of hydrogen-bond donors (Lipinski definition) is 1. The lowest BCUT2D eigenvalue weighted by atomic mass is 10.4. The fourth-order valence-corrected chi connectivity index (χ4v) is 1.98. The molecular formula is C10H17NO2S. The maximum Gasteiger partial charge on any atom is 0.152 e. The van der Waals surface area contributed by atoms with Gasteiger partial charge in [0.25, 0.3) is 0 Å². The van der Waals surface area contributed by atoms with Gasteiger partial charge in [0.1, 0.15) is 0 Å². The van der Waals surface area contributed by atoms with Crippen LogP contribution in [0.3, 0.4) is 0 Å². The van der Waals surface area contributed by atoms with Crippen molar-refractivity contribution >= 4 is 17.0 Å². The molecule has 1 aromatic rings. The van der Waals surface area contributed by atoms with Crippen LogP contribution in [-0.4, -0.2) is 26.9 Å². The van der Waals surface area contributed by atoms with E-state index in [4.69, 9.17) is 9.47 Å². The van der Waals surface area contributed by atoms with E-state index in [0.29, 0.717) is 0 Å². The summed E-state index contributed by atoms with van der Waals surface area (Å²) in [5, 5.41) is 5.32. The van der Waals surface area contributed by atoms with E-state index >= 15 is 0 Å². The van der Waals surface area contributed by atoms with Crippen molar-refractivity contribution in [3.63, 3.8) is 0 Å². The highest BCUT2D eigenvalue weighted by Crippen LogP contribution is 2.33. The largest absolute Gasteiger partial charge is 0.494 e. The normalized spacial score (nSPS) is 10.2. The van der Waals surface area contributed by atoms with E-state index in [1.807, 2.05) is 12.3 Å². The first-order chi connectivity index (χ1) is 6.79. The minimum Gasteiger partial charge on any atom is -0.494 e. The smallest absolute Gasteiger partial charge is 0.152 e. The van der Waals surface area contributed by atoms with E-state index in [1.165, 1.54) is 4.88 Å². The molecule has 0 fully saturated rings. The molecule has 0 atom stereocenters. The molecular weight excluding hydrogens is 198 g/mol. The zero-order valence-corrected chi connectivity index (χ0v) is 9.74. The molecule has 4 heteroatoms. The highest BCUT2D eigenvalue weighted by Gasteiger charge is 2.07. The van der Waals surface area contributed by atoms with Gasteiger partial charge in [-0.05, 0) is 13.8 Å². The maximum atomic E-state index is 5.25. The Morgan fingerprint density at radius 2 is 2.29 bits per heavy atom. The van der Waals surface area contributed by atoms with Crippen LogP contribution in [0.15, 0.2) is 5.38 Å². The second kappa shape index (κ2) is 5.88. The Morgan fingerprint density at radius 1 is 1.50 bits per heavy atom. The van der Waals surface area contributed by atoms with E-state index in [9.17, 15) is 0 Å². The van der Waals surface area contributed by atoms with Crippen LogP contribution in [0.1, 0.15) is 11.8 Å². The van der Waals surface area contributed by atoms with Crippen LogP contribution in [-0.2, 0) is 4.74 Å². The van der Waals surface area contributed by atoms with Crippen LogP contribution in [0, 0.1) is 6.92 Å². The maximum absolute atomic E-state index is 5.25. The van der Waals surface area contributed by atoms with Crippen LogP contribution in [0.5, 0.6) is 5.75 Å². The number of hydrogen-bond acceptors (Lipinski definition) is 4. The highest BCUT2D eigenvalue weighted by molar-refractivity contribution is 7.10. The number of aryl methyl sites for hydroxylation is 1. The SMILES string of the molecule is CCOCCNc1c(OC)csc1C. The highest BCUT2D eigenvalue weighted by atomic mass is 32.1. The predicted molar refractivity (Wildman–Crippen MR) is 60.6 cm³/mol. The summed E-state index contributed by atoms with van der Waals surface area (Å²) in [4.78, 5) is 1.25. The van der Waals surface area contributed by atoms with Crippen molar-refractivity contribution in [2.24, 2.45) is 0 Å². The second-order valence-corrected chi connectivity index (χ2v) is 3.94. The summed E-state index contributed by atoms with van der Waals surface area (Å²) in [6.07, 6.45) is 0. The summed E-state index contributed by atoms with van der Waals surface area (Å²) in [6, 6.07) is 0. The molecule has 1 N–H and O–H groups in total. The number of anilines is 1. The first-order valence-corrected chi connectivity index (χ1v) is 5.61. The number of thiophene rings is 1. The lowest BCUT2D eigenvalue weighted by Gasteiger charge is -2.08. The number of methoxy groups -OCH3 is 1. The molecule has 0 unspecified atom stereocenters. The molecule has 1 rings (SSSR count). The average molecular weight is 215 g/mol. The van der Waals surface area contributed by atoms with E-state index in [2.05, 4.69) is 12.2 Å². The summed E-state index contributed by atoms with van der Waals surface area (Å²) < 4.78 is 10.5. The predicted octanol–water partition coefficient (Wildman–Crippen LogP) is 2.51. The Morgan fingerprint density at radius 3 is 2.93 bits per heavy atom. The second-order valence-electron chi connectivity index (χ2n) is 2.86. The van der Waals surface area contributed by atoms with Gasteiger partial charge in [-0.1, -0.05) is 0 Å². The van der Waals surface area contributed by atoms with Gasteiger partial charge in [-0.25, -0.2) is 0 Å². The third kappa shape index (κ3) is 2.89. The molecule has 0 spiro atoms. The lowest BCUT2D eigenvalue weighted by molar-refractivity contribution is 0.158. The van der Waals surface area contributed by atoms with Gasteiger partial charge in [0, 0.05) is 23.4 Å². The minimum absolute atomic E-state index is 0.731. The van der Waals surface area contributed by atoms with Crippen LogP contribution in [0.4, 0.5) is 5.69 Å². The zero-order valence-electron chi connectivity index (χ0n) is 8.92. The third-order valence-corrected chi connectivity index (χ3v) is 2.80. The number of ether oxygens (including phenoxy) is 2. The van der Waals surface area contributed by atoms with Crippen LogP contribution in [0.2, 0.25) is 0 Å². The fraction of sp³-hybridized carbons (Fsp3) is 0.600. The van der Waals surface area contributed by atoms with Crippen molar-refractivity contribution in [2.45, 2.75) is 13.8 Å². The van der Waals surface area contributed by atoms with Crippen LogP contribution in [0.25, 0.3) is 0 Å².